The van der Waals surface area contributed by atoms with Crippen LogP contribution in [0.4, 0.5) is 13.2 Å². The molecule has 1 aliphatic rings. The number of alkyl halides is 3. The standard InChI is InChI=1S/C20H17ClF3N3O2/c1-13-25-19(20(22,23)24,26-17(28)15-9-5-6-10-16(15)21)18(29)27(13)12-11-14-7-3-2-4-8-14/h2-10H,11-12H2,1H3,(H,26,28). The SMILES string of the molecule is CC1=NC(NC(=O)c2ccccc2Cl)(C(F)(F)F)C(=O)N1CCc1ccccc1. The van der Waals surface area contributed by atoms with Crippen LogP contribution in [-0.2, 0) is 11.2 Å². The lowest BCUT2D eigenvalue weighted by molar-refractivity contribution is -0.196. The van der Waals surface area contributed by atoms with E-state index in [1.165, 1.54) is 31.2 Å². The Kier molecular flexibility index (Phi) is 5.66. The molecule has 1 heterocycles. The van der Waals surface area contributed by atoms with Crippen molar-refractivity contribution in [3.63, 3.8) is 0 Å². The van der Waals surface area contributed by atoms with Crippen molar-refractivity contribution in [2.75, 3.05) is 6.54 Å². The average molecular weight is 424 g/mol. The minimum absolute atomic E-state index is 0.00201. The first-order valence-corrected chi connectivity index (χ1v) is 9.09. The van der Waals surface area contributed by atoms with Gasteiger partial charge < -0.3 is 5.32 Å². The van der Waals surface area contributed by atoms with E-state index in [1.54, 1.807) is 17.4 Å². The van der Waals surface area contributed by atoms with Gasteiger partial charge in [0, 0.05) is 6.54 Å². The van der Waals surface area contributed by atoms with Crippen molar-refractivity contribution < 1.29 is 22.8 Å². The molecule has 2 amide bonds. The molecule has 0 saturated heterocycles. The van der Waals surface area contributed by atoms with Gasteiger partial charge in [-0.05, 0) is 31.0 Å². The van der Waals surface area contributed by atoms with Gasteiger partial charge in [0.25, 0.3) is 11.8 Å². The monoisotopic (exact) mass is 423 g/mol. The Morgan fingerprint density at radius 3 is 2.38 bits per heavy atom. The van der Waals surface area contributed by atoms with Gasteiger partial charge in [-0.2, -0.15) is 13.2 Å². The predicted octanol–water partition coefficient (Wildman–Crippen LogP) is 3.83. The van der Waals surface area contributed by atoms with E-state index in [0.717, 1.165) is 10.5 Å². The number of amides is 2. The third-order valence-electron chi connectivity index (χ3n) is 4.56. The van der Waals surface area contributed by atoms with Crippen LogP contribution in [-0.4, -0.2) is 40.9 Å². The van der Waals surface area contributed by atoms with Gasteiger partial charge in [-0.25, -0.2) is 4.99 Å². The number of nitrogens with one attached hydrogen (secondary N) is 1. The molecule has 0 aliphatic carbocycles. The molecule has 0 radical (unpaired) electrons. The van der Waals surface area contributed by atoms with Gasteiger partial charge in [0.1, 0.15) is 5.84 Å². The van der Waals surface area contributed by atoms with E-state index in [-0.39, 0.29) is 23.0 Å². The highest BCUT2D eigenvalue weighted by Crippen LogP contribution is 2.37. The quantitative estimate of drug-likeness (QED) is 0.794. The van der Waals surface area contributed by atoms with Crippen LogP contribution < -0.4 is 5.32 Å². The Morgan fingerprint density at radius 1 is 1.14 bits per heavy atom. The second kappa shape index (κ2) is 7.87. The molecule has 3 rings (SSSR count). The van der Waals surface area contributed by atoms with E-state index in [2.05, 4.69) is 4.99 Å². The number of halogens is 4. The predicted molar refractivity (Wildman–Crippen MR) is 103 cm³/mol. The van der Waals surface area contributed by atoms with Crippen molar-refractivity contribution in [1.82, 2.24) is 10.2 Å². The van der Waals surface area contributed by atoms with Crippen LogP contribution in [0.15, 0.2) is 59.6 Å². The molecule has 152 valence electrons. The van der Waals surface area contributed by atoms with E-state index in [4.69, 9.17) is 11.6 Å². The first-order chi connectivity index (χ1) is 13.7. The molecular weight excluding hydrogens is 407 g/mol. The molecule has 0 aromatic heterocycles. The lowest BCUT2D eigenvalue weighted by atomic mass is 10.1. The van der Waals surface area contributed by atoms with Crippen molar-refractivity contribution >= 4 is 29.3 Å². The molecule has 2 aromatic carbocycles. The molecular formula is C20H17ClF3N3O2. The Morgan fingerprint density at radius 2 is 1.76 bits per heavy atom. The van der Waals surface area contributed by atoms with Gasteiger partial charge in [-0.15, -0.1) is 0 Å². The summed E-state index contributed by atoms with van der Waals surface area (Å²) in [5.74, 6) is -2.61. The van der Waals surface area contributed by atoms with Crippen LogP contribution in [0.5, 0.6) is 0 Å². The zero-order valence-corrected chi connectivity index (χ0v) is 16.1. The highest BCUT2D eigenvalue weighted by Gasteiger charge is 2.66. The second-order valence-corrected chi connectivity index (χ2v) is 6.90. The number of hydrogen-bond acceptors (Lipinski definition) is 3. The smallest absolute Gasteiger partial charge is 0.312 e. The van der Waals surface area contributed by atoms with Crippen molar-refractivity contribution in [1.29, 1.82) is 0 Å². The van der Waals surface area contributed by atoms with Crippen molar-refractivity contribution in [2.45, 2.75) is 25.2 Å². The van der Waals surface area contributed by atoms with Crippen LogP contribution in [0.3, 0.4) is 0 Å². The molecule has 0 spiro atoms. The van der Waals surface area contributed by atoms with Crippen molar-refractivity contribution in [3.05, 3.63) is 70.7 Å². The Bertz CT molecular complexity index is 963. The number of nitrogens with zero attached hydrogens (tertiary/aromatic N) is 2. The molecule has 29 heavy (non-hydrogen) atoms. The van der Waals surface area contributed by atoms with E-state index >= 15 is 0 Å². The summed E-state index contributed by atoms with van der Waals surface area (Å²) >= 11 is 5.90. The minimum Gasteiger partial charge on any atom is -0.312 e. The molecule has 1 atom stereocenters. The van der Waals surface area contributed by atoms with Crippen LogP contribution >= 0.6 is 11.6 Å². The van der Waals surface area contributed by atoms with Crippen LogP contribution in [0, 0.1) is 0 Å². The fourth-order valence-electron chi connectivity index (χ4n) is 3.06. The third-order valence-corrected chi connectivity index (χ3v) is 4.89. The lowest BCUT2D eigenvalue weighted by Crippen LogP contribution is -2.63. The summed E-state index contributed by atoms with van der Waals surface area (Å²) in [6.07, 6.45) is -4.80. The molecule has 1 unspecified atom stereocenters. The first-order valence-electron chi connectivity index (χ1n) is 8.72. The fraction of sp³-hybridized carbons (Fsp3) is 0.250. The highest BCUT2D eigenvalue weighted by atomic mass is 35.5. The first kappa shape index (κ1) is 20.9. The maximum Gasteiger partial charge on any atom is 0.442 e. The largest absolute Gasteiger partial charge is 0.442 e. The Labute approximate surface area is 170 Å². The summed E-state index contributed by atoms with van der Waals surface area (Å²) in [7, 11) is 0. The molecule has 1 N–H and O–H groups in total. The molecule has 5 nitrogen and oxygen atoms in total. The van der Waals surface area contributed by atoms with Gasteiger partial charge in [0.15, 0.2) is 0 Å². The van der Waals surface area contributed by atoms with Gasteiger partial charge in [0.05, 0.1) is 10.6 Å². The van der Waals surface area contributed by atoms with E-state index in [1.807, 2.05) is 18.2 Å². The number of carbonyl (C=O) groups is 2. The topological polar surface area (TPSA) is 61.8 Å². The zero-order chi connectivity index (χ0) is 21.2. The lowest BCUT2D eigenvalue weighted by Gasteiger charge is -2.29. The summed E-state index contributed by atoms with van der Waals surface area (Å²) in [6.45, 7) is 1.30. The summed E-state index contributed by atoms with van der Waals surface area (Å²) in [5, 5.41) is 1.74. The van der Waals surface area contributed by atoms with E-state index < -0.39 is 23.7 Å². The molecule has 0 fully saturated rings. The maximum absolute atomic E-state index is 14.0. The van der Waals surface area contributed by atoms with Crippen LogP contribution in [0.25, 0.3) is 0 Å². The van der Waals surface area contributed by atoms with Crippen LogP contribution in [0.1, 0.15) is 22.8 Å². The van der Waals surface area contributed by atoms with Gasteiger partial charge >= 0.3 is 11.8 Å². The van der Waals surface area contributed by atoms with E-state index in [9.17, 15) is 22.8 Å². The van der Waals surface area contributed by atoms with Crippen LogP contribution in [0.2, 0.25) is 5.02 Å². The zero-order valence-electron chi connectivity index (χ0n) is 15.3. The number of carbonyl (C=O) groups excluding carboxylic acids is 2. The highest BCUT2D eigenvalue weighted by molar-refractivity contribution is 6.34. The normalized spacial score (nSPS) is 19.3. The summed E-state index contributed by atoms with van der Waals surface area (Å²) < 4.78 is 41.9. The Hall–Kier alpha value is -2.87. The Balaban J connectivity index is 1.87. The number of rotatable bonds is 5. The van der Waals surface area contributed by atoms with Gasteiger partial charge in [-0.3, -0.25) is 14.5 Å². The minimum atomic E-state index is -5.14. The van der Waals surface area contributed by atoms with Gasteiger partial charge in [-0.1, -0.05) is 54.1 Å². The number of aliphatic imine (C=N–C) groups is 1. The summed E-state index contributed by atoms with van der Waals surface area (Å²) in [4.78, 5) is 29.8. The molecule has 9 heteroatoms. The molecule has 2 aromatic rings. The fourth-order valence-corrected chi connectivity index (χ4v) is 3.28. The van der Waals surface area contributed by atoms with Crippen molar-refractivity contribution in [3.8, 4) is 0 Å². The maximum atomic E-state index is 14.0. The van der Waals surface area contributed by atoms with Crippen molar-refractivity contribution in [2.24, 2.45) is 4.99 Å². The van der Waals surface area contributed by atoms with E-state index in [0.29, 0.717) is 6.42 Å². The number of amidine groups is 1. The molecule has 1 aliphatic heterocycles. The average Bonchev–Trinajstić information content (AvgIpc) is 2.91. The number of benzene rings is 2. The summed E-state index contributed by atoms with van der Waals surface area (Å²) in [5.41, 5.74) is -2.71. The number of hydrogen-bond donors (Lipinski definition) is 1. The van der Waals surface area contributed by atoms with Gasteiger partial charge in [0.2, 0.25) is 0 Å². The molecule has 0 saturated carbocycles. The third kappa shape index (κ3) is 3.98. The summed E-state index contributed by atoms with van der Waals surface area (Å²) in [6, 6.07) is 14.7. The second-order valence-electron chi connectivity index (χ2n) is 6.49. The molecule has 0 bridgehead atoms.